The van der Waals surface area contributed by atoms with Gasteiger partial charge in [0.05, 0.1) is 6.54 Å². The first-order chi connectivity index (χ1) is 14.0. The van der Waals surface area contributed by atoms with Crippen molar-refractivity contribution in [2.45, 2.75) is 33.0 Å². The van der Waals surface area contributed by atoms with Crippen molar-refractivity contribution in [2.75, 3.05) is 20.1 Å². The Balaban J connectivity index is 1.53. The van der Waals surface area contributed by atoms with E-state index in [1.54, 1.807) is 30.5 Å². The summed E-state index contributed by atoms with van der Waals surface area (Å²) >= 11 is 1.73. The van der Waals surface area contributed by atoms with E-state index in [9.17, 15) is 13.6 Å². The largest absolute Gasteiger partial charge is 0.434 e. The fraction of sp³-hybridized carbons (Fsp3) is 0.400. The third-order valence-corrected chi connectivity index (χ3v) is 5.69. The number of hydrogen-bond donors (Lipinski definition) is 2. The van der Waals surface area contributed by atoms with Gasteiger partial charge in [0.2, 0.25) is 5.91 Å². The summed E-state index contributed by atoms with van der Waals surface area (Å²) in [5.41, 5.74) is 2.73. The predicted octanol–water partition coefficient (Wildman–Crippen LogP) is 2.91. The highest BCUT2D eigenvalue weighted by molar-refractivity contribution is 7.10. The number of guanidine groups is 1. The van der Waals surface area contributed by atoms with Crippen molar-refractivity contribution in [3.8, 4) is 5.75 Å². The number of alkyl halides is 2. The Morgan fingerprint density at radius 3 is 2.93 bits per heavy atom. The summed E-state index contributed by atoms with van der Waals surface area (Å²) < 4.78 is 29.8. The van der Waals surface area contributed by atoms with Gasteiger partial charge in [0.1, 0.15) is 5.75 Å². The van der Waals surface area contributed by atoms with E-state index in [-0.39, 0.29) is 24.7 Å². The number of nitrogens with zero attached hydrogens (tertiary/aromatic N) is 2. The number of carbonyl (C=O) groups excluding carboxylic acids is 1. The van der Waals surface area contributed by atoms with Gasteiger partial charge in [-0.2, -0.15) is 8.78 Å². The molecule has 0 aliphatic carbocycles. The van der Waals surface area contributed by atoms with Gasteiger partial charge in [-0.15, -0.1) is 11.3 Å². The lowest BCUT2D eigenvalue weighted by molar-refractivity contribution is -0.130. The normalized spacial score (nSPS) is 14.0. The lowest BCUT2D eigenvalue weighted by Crippen LogP contribution is -2.45. The lowest BCUT2D eigenvalue weighted by atomic mass is 10.1. The molecule has 0 fully saturated rings. The molecule has 0 saturated carbocycles. The van der Waals surface area contributed by atoms with Crippen LogP contribution in [0.1, 0.15) is 21.6 Å². The molecule has 1 aliphatic rings. The van der Waals surface area contributed by atoms with E-state index in [1.165, 1.54) is 16.5 Å². The molecule has 0 bridgehead atoms. The molecule has 1 aromatic carbocycles. The van der Waals surface area contributed by atoms with Gasteiger partial charge in [-0.25, -0.2) is 0 Å². The highest BCUT2D eigenvalue weighted by atomic mass is 32.1. The molecule has 156 valence electrons. The molecular weight excluding hydrogens is 398 g/mol. The highest BCUT2D eigenvalue weighted by Gasteiger charge is 2.21. The third kappa shape index (κ3) is 5.66. The van der Waals surface area contributed by atoms with Crippen LogP contribution in [0.25, 0.3) is 0 Å². The molecule has 3 rings (SSSR count). The van der Waals surface area contributed by atoms with Gasteiger partial charge >= 0.3 is 6.61 Å². The first-order valence-electron chi connectivity index (χ1n) is 9.28. The monoisotopic (exact) mass is 422 g/mol. The zero-order valence-corrected chi connectivity index (χ0v) is 17.2. The van der Waals surface area contributed by atoms with E-state index < -0.39 is 6.61 Å². The molecule has 0 atom stereocenters. The van der Waals surface area contributed by atoms with Gasteiger partial charge in [-0.3, -0.25) is 9.79 Å². The van der Waals surface area contributed by atoms with Crippen LogP contribution >= 0.6 is 11.3 Å². The number of amides is 1. The van der Waals surface area contributed by atoms with Crippen LogP contribution < -0.4 is 15.4 Å². The number of ether oxygens (including phenoxy) is 1. The Kier molecular flexibility index (Phi) is 7.03. The van der Waals surface area contributed by atoms with Crippen LogP contribution in [-0.4, -0.2) is 43.5 Å². The highest BCUT2D eigenvalue weighted by Crippen LogP contribution is 2.24. The van der Waals surface area contributed by atoms with Crippen molar-refractivity contribution < 1.29 is 18.3 Å². The molecule has 2 aromatic rings. The topological polar surface area (TPSA) is 66.0 Å². The Labute approximate surface area is 172 Å². The second-order valence-electron chi connectivity index (χ2n) is 6.70. The summed E-state index contributed by atoms with van der Waals surface area (Å²) in [6.45, 7) is 0.659. The summed E-state index contributed by atoms with van der Waals surface area (Å²) in [6, 6.07) is 7.07. The number of nitrogens with one attached hydrogen (secondary N) is 2. The minimum Gasteiger partial charge on any atom is -0.434 e. The number of fused-ring (bicyclic) bond motifs is 1. The molecule has 0 radical (unpaired) electrons. The predicted molar refractivity (Wildman–Crippen MR) is 109 cm³/mol. The molecule has 1 amide bonds. The molecule has 1 aromatic heterocycles. The number of aliphatic imine (C=N–C) groups is 1. The maximum Gasteiger partial charge on any atom is 0.387 e. The van der Waals surface area contributed by atoms with E-state index in [1.807, 2.05) is 11.8 Å². The molecule has 2 N–H and O–H groups in total. The number of aryl methyl sites for hydroxylation is 1. The van der Waals surface area contributed by atoms with Gasteiger partial charge in [-0.05, 0) is 36.4 Å². The Morgan fingerprint density at radius 1 is 1.34 bits per heavy atom. The van der Waals surface area contributed by atoms with Crippen molar-refractivity contribution in [1.29, 1.82) is 0 Å². The van der Waals surface area contributed by atoms with E-state index in [2.05, 4.69) is 31.8 Å². The molecule has 29 heavy (non-hydrogen) atoms. The molecule has 0 saturated heterocycles. The van der Waals surface area contributed by atoms with Crippen LogP contribution in [0.15, 0.2) is 34.6 Å². The molecule has 2 heterocycles. The number of carbonyl (C=O) groups is 1. The van der Waals surface area contributed by atoms with Crippen LogP contribution in [0.5, 0.6) is 5.75 Å². The maximum absolute atomic E-state index is 12.6. The van der Waals surface area contributed by atoms with Gasteiger partial charge in [0.25, 0.3) is 0 Å². The third-order valence-electron chi connectivity index (χ3n) is 4.67. The Bertz CT molecular complexity index is 885. The van der Waals surface area contributed by atoms with Gasteiger partial charge in [-0.1, -0.05) is 17.7 Å². The van der Waals surface area contributed by atoms with Crippen molar-refractivity contribution in [1.82, 2.24) is 15.5 Å². The fourth-order valence-corrected chi connectivity index (χ4v) is 4.08. The summed E-state index contributed by atoms with van der Waals surface area (Å²) in [6.07, 6.45) is 0.881. The number of thiophene rings is 1. The van der Waals surface area contributed by atoms with Crippen molar-refractivity contribution in [2.24, 2.45) is 4.99 Å². The molecular formula is C20H24F2N4O2S. The summed E-state index contributed by atoms with van der Waals surface area (Å²) in [7, 11) is 1.59. The Morgan fingerprint density at radius 2 is 2.17 bits per heavy atom. The van der Waals surface area contributed by atoms with Crippen LogP contribution in [0.3, 0.4) is 0 Å². The minimum atomic E-state index is -2.89. The number of halogens is 2. The van der Waals surface area contributed by atoms with E-state index >= 15 is 0 Å². The van der Waals surface area contributed by atoms with Crippen molar-refractivity contribution in [3.63, 3.8) is 0 Å². The average molecular weight is 423 g/mol. The first-order valence-corrected chi connectivity index (χ1v) is 10.2. The van der Waals surface area contributed by atoms with E-state index in [0.717, 1.165) is 12.0 Å². The maximum atomic E-state index is 12.6. The van der Waals surface area contributed by atoms with Crippen LogP contribution in [-0.2, 0) is 24.3 Å². The average Bonchev–Trinajstić information content (AvgIpc) is 3.17. The lowest BCUT2D eigenvalue weighted by Gasteiger charge is -2.27. The zero-order valence-electron chi connectivity index (χ0n) is 16.4. The molecule has 0 spiro atoms. The first kappa shape index (κ1) is 21.0. The number of hydrogen-bond acceptors (Lipinski definition) is 4. The van der Waals surface area contributed by atoms with E-state index in [0.29, 0.717) is 24.6 Å². The van der Waals surface area contributed by atoms with Gasteiger partial charge in [0, 0.05) is 37.1 Å². The standard InChI is InChI=1S/C20H24F2N4O2S/c1-13-3-4-16(28-19(21)22)15(9-13)10-24-20(23-2)25-11-18(27)26-7-5-17-14(12-26)6-8-29-17/h3-4,6,8-9,19H,5,7,10-12H2,1-2H3,(H2,23,24,25). The molecule has 9 heteroatoms. The summed E-state index contributed by atoms with van der Waals surface area (Å²) in [5, 5.41) is 8.09. The second kappa shape index (κ2) is 9.69. The molecule has 1 aliphatic heterocycles. The summed E-state index contributed by atoms with van der Waals surface area (Å²) in [5.74, 6) is 0.516. The number of rotatable bonds is 6. The van der Waals surface area contributed by atoms with Crippen molar-refractivity contribution >= 4 is 23.2 Å². The van der Waals surface area contributed by atoms with E-state index in [4.69, 9.17) is 0 Å². The van der Waals surface area contributed by atoms with Crippen LogP contribution in [0.4, 0.5) is 8.78 Å². The van der Waals surface area contributed by atoms with Crippen LogP contribution in [0, 0.1) is 6.92 Å². The quantitative estimate of drug-likeness (QED) is 0.555. The second-order valence-corrected chi connectivity index (χ2v) is 7.70. The Hall–Kier alpha value is -2.68. The van der Waals surface area contributed by atoms with Gasteiger partial charge in [0.15, 0.2) is 5.96 Å². The molecule has 0 unspecified atom stereocenters. The van der Waals surface area contributed by atoms with Crippen LogP contribution in [0.2, 0.25) is 0 Å². The van der Waals surface area contributed by atoms with Crippen molar-refractivity contribution in [3.05, 3.63) is 51.2 Å². The number of benzene rings is 1. The van der Waals surface area contributed by atoms with Gasteiger partial charge < -0.3 is 20.3 Å². The smallest absolute Gasteiger partial charge is 0.387 e. The zero-order chi connectivity index (χ0) is 20.8. The molecule has 6 nitrogen and oxygen atoms in total. The fourth-order valence-electron chi connectivity index (χ4n) is 3.19. The SMILES string of the molecule is CN=C(NCC(=O)N1CCc2sccc2C1)NCc1cc(C)ccc1OC(F)F. The summed E-state index contributed by atoms with van der Waals surface area (Å²) in [4.78, 5) is 19.8. The minimum absolute atomic E-state index is 0.0120.